The summed E-state index contributed by atoms with van der Waals surface area (Å²) in [5.41, 5.74) is 1.16. The highest BCUT2D eigenvalue weighted by Crippen LogP contribution is 2.22. The fourth-order valence-corrected chi connectivity index (χ4v) is 2.73. The van der Waals surface area contributed by atoms with Crippen molar-refractivity contribution in [3.63, 3.8) is 0 Å². The van der Waals surface area contributed by atoms with E-state index in [1.54, 1.807) is 14.0 Å². The lowest BCUT2D eigenvalue weighted by atomic mass is 9.92. The monoisotopic (exact) mass is 333 g/mol. The molecule has 0 saturated heterocycles. The smallest absolute Gasteiger partial charge is 0.321 e. The fraction of sp³-hybridized carbons (Fsp3) is 0.500. The largest absolute Gasteiger partial charge is 0.396 e. The summed E-state index contributed by atoms with van der Waals surface area (Å²) in [6.45, 7) is 4.75. The lowest BCUT2D eigenvalue weighted by molar-refractivity contribution is 0.0509. The predicted octanol–water partition coefficient (Wildman–Crippen LogP) is 2.51. The molecule has 3 N–H and O–H groups in total. The quantitative estimate of drug-likeness (QED) is 0.728. The number of urea groups is 1. The first-order chi connectivity index (χ1) is 11.4. The van der Waals surface area contributed by atoms with Crippen LogP contribution in [0.3, 0.4) is 0 Å². The van der Waals surface area contributed by atoms with E-state index >= 15 is 0 Å². The number of aromatic nitrogens is 1. The van der Waals surface area contributed by atoms with E-state index in [1.165, 1.54) is 4.90 Å². The SMILES string of the molecule is CCCn1ccc2cc(NC(=O)N(C)CC(C)(CO)CO)ccc21. The van der Waals surface area contributed by atoms with Gasteiger partial charge in [0.1, 0.15) is 0 Å². The molecule has 0 atom stereocenters. The molecule has 132 valence electrons. The van der Waals surface area contributed by atoms with Crippen molar-refractivity contribution in [2.45, 2.75) is 26.8 Å². The predicted molar refractivity (Wildman–Crippen MR) is 96.2 cm³/mol. The van der Waals surface area contributed by atoms with Gasteiger partial charge in [-0.15, -0.1) is 0 Å². The molecule has 0 aliphatic heterocycles. The van der Waals surface area contributed by atoms with E-state index in [0.717, 1.165) is 29.6 Å². The van der Waals surface area contributed by atoms with Gasteiger partial charge in [0, 0.05) is 48.3 Å². The molecule has 0 aliphatic rings. The minimum atomic E-state index is -0.715. The average molecular weight is 333 g/mol. The molecule has 0 radical (unpaired) electrons. The van der Waals surface area contributed by atoms with Gasteiger partial charge in [0.2, 0.25) is 0 Å². The van der Waals surface area contributed by atoms with Gasteiger partial charge in [-0.2, -0.15) is 0 Å². The molecular weight excluding hydrogens is 306 g/mol. The zero-order chi connectivity index (χ0) is 17.7. The number of nitrogens with zero attached hydrogens (tertiary/aromatic N) is 2. The van der Waals surface area contributed by atoms with Gasteiger partial charge in [0.15, 0.2) is 0 Å². The summed E-state index contributed by atoms with van der Waals surface area (Å²) >= 11 is 0. The molecule has 0 saturated carbocycles. The minimum absolute atomic E-state index is 0.183. The van der Waals surface area contributed by atoms with E-state index in [0.29, 0.717) is 0 Å². The normalized spacial score (nSPS) is 11.7. The maximum atomic E-state index is 12.3. The molecule has 0 spiro atoms. The van der Waals surface area contributed by atoms with Crippen molar-refractivity contribution >= 4 is 22.6 Å². The van der Waals surface area contributed by atoms with Crippen LogP contribution in [0.4, 0.5) is 10.5 Å². The van der Waals surface area contributed by atoms with Gasteiger partial charge in [0.05, 0.1) is 13.2 Å². The molecule has 6 heteroatoms. The summed E-state index contributed by atoms with van der Waals surface area (Å²) in [4.78, 5) is 13.8. The number of aliphatic hydroxyl groups excluding tert-OH is 2. The lowest BCUT2D eigenvalue weighted by Crippen LogP contribution is -2.43. The van der Waals surface area contributed by atoms with Crippen LogP contribution in [0.25, 0.3) is 10.9 Å². The molecule has 0 bridgehead atoms. The number of benzene rings is 1. The lowest BCUT2D eigenvalue weighted by Gasteiger charge is -2.30. The number of anilines is 1. The Balaban J connectivity index is 2.07. The number of carbonyl (C=O) groups excluding carboxylic acids is 1. The number of nitrogens with one attached hydrogen (secondary N) is 1. The number of aryl methyl sites for hydroxylation is 1. The highest BCUT2D eigenvalue weighted by atomic mass is 16.3. The highest BCUT2D eigenvalue weighted by molar-refractivity contribution is 5.92. The van der Waals surface area contributed by atoms with Crippen molar-refractivity contribution in [1.82, 2.24) is 9.47 Å². The number of hydrogen-bond acceptors (Lipinski definition) is 3. The Hall–Kier alpha value is -2.05. The van der Waals surface area contributed by atoms with Crippen LogP contribution < -0.4 is 5.32 Å². The van der Waals surface area contributed by atoms with E-state index < -0.39 is 5.41 Å². The van der Waals surface area contributed by atoms with Crippen molar-refractivity contribution in [1.29, 1.82) is 0 Å². The molecule has 2 rings (SSSR count). The Morgan fingerprint density at radius 3 is 2.62 bits per heavy atom. The number of aliphatic hydroxyl groups is 2. The number of carbonyl (C=O) groups is 1. The number of fused-ring (bicyclic) bond motifs is 1. The second-order valence-corrected chi connectivity index (χ2v) is 6.70. The third-order valence-electron chi connectivity index (χ3n) is 4.22. The topological polar surface area (TPSA) is 77.7 Å². The average Bonchev–Trinajstić information content (AvgIpc) is 2.97. The Bertz CT molecular complexity index is 692. The van der Waals surface area contributed by atoms with Crippen molar-refractivity contribution in [3.8, 4) is 0 Å². The van der Waals surface area contributed by atoms with Crippen molar-refractivity contribution in [3.05, 3.63) is 30.5 Å². The molecule has 1 aromatic heterocycles. The maximum absolute atomic E-state index is 12.3. The van der Waals surface area contributed by atoms with Gasteiger partial charge in [-0.25, -0.2) is 4.79 Å². The molecule has 6 nitrogen and oxygen atoms in total. The van der Waals surface area contributed by atoms with Gasteiger partial charge in [-0.3, -0.25) is 0 Å². The number of hydrogen-bond donors (Lipinski definition) is 3. The van der Waals surface area contributed by atoms with Gasteiger partial charge in [0.25, 0.3) is 0 Å². The van der Waals surface area contributed by atoms with Crippen LogP contribution in [0.5, 0.6) is 0 Å². The Kier molecular flexibility index (Phi) is 5.85. The minimum Gasteiger partial charge on any atom is -0.396 e. The van der Waals surface area contributed by atoms with Gasteiger partial charge in [-0.1, -0.05) is 13.8 Å². The summed E-state index contributed by atoms with van der Waals surface area (Å²) < 4.78 is 2.20. The Morgan fingerprint density at radius 1 is 1.29 bits per heavy atom. The highest BCUT2D eigenvalue weighted by Gasteiger charge is 2.26. The zero-order valence-corrected chi connectivity index (χ0v) is 14.6. The number of amides is 2. The first-order valence-electron chi connectivity index (χ1n) is 8.25. The molecule has 1 aromatic carbocycles. The molecule has 0 fully saturated rings. The van der Waals surface area contributed by atoms with E-state index in [1.807, 2.05) is 24.3 Å². The Labute approximate surface area is 142 Å². The van der Waals surface area contributed by atoms with Crippen LogP contribution in [0.1, 0.15) is 20.3 Å². The van der Waals surface area contributed by atoms with Crippen LogP contribution in [0, 0.1) is 5.41 Å². The zero-order valence-electron chi connectivity index (χ0n) is 14.6. The maximum Gasteiger partial charge on any atom is 0.321 e. The van der Waals surface area contributed by atoms with Gasteiger partial charge >= 0.3 is 6.03 Å². The third kappa shape index (κ3) is 4.07. The second kappa shape index (κ2) is 7.68. The summed E-state index contributed by atoms with van der Waals surface area (Å²) in [6, 6.07) is 7.61. The molecule has 2 aromatic rings. The first kappa shape index (κ1) is 18.3. The van der Waals surface area contributed by atoms with Crippen LogP contribution in [0.15, 0.2) is 30.5 Å². The van der Waals surface area contributed by atoms with Crippen molar-refractivity contribution in [2.24, 2.45) is 5.41 Å². The van der Waals surface area contributed by atoms with Crippen molar-refractivity contribution < 1.29 is 15.0 Å². The van der Waals surface area contributed by atoms with Gasteiger partial charge in [-0.05, 0) is 30.7 Å². The first-order valence-corrected chi connectivity index (χ1v) is 8.25. The second-order valence-electron chi connectivity index (χ2n) is 6.70. The van der Waals surface area contributed by atoms with Crippen LogP contribution in [-0.2, 0) is 6.54 Å². The summed E-state index contributed by atoms with van der Waals surface area (Å²) in [7, 11) is 1.65. The molecule has 0 unspecified atom stereocenters. The molecule has 1 heterocycles. The van der Waals surface area contributed by atoms with E-state index in [4.69, 9.17) is 0 Å². The fourth-order valence-electron chi connectivity index (χ4n) is 2.73. The standard InChI is InChI=1S/C18H27N3O3/c1-4-8-21-9-7-14-10-15(5-6-16(14)21)19-17(24)20(3)11-18(2,12-22)13-23/h5-7,9-10,22-23H,4,8,11-13H2,1-3H3,(H,19,24). The number of rotatable bonds is 7. The van der Waals surface area contributed by atoms with Crippen LogP contribution >= 0.6 is 0 Å². The molecule has 0 aliphatic carbocycles. The third-order valence-corrected chi connectivity index (χ3v) is 4.22. The van der Waals surface area contributed by atoms with Gasteiger partial charge < -0.3 is 25.0 Å². The molecule has 24 heavy (non-hydrogen) atoms. The van der Waals surface area contributed by atoms with E-state index in [2.05, 4.69) is 23.0 Å². The van der Waals surface area contributed by atoms with E-state index in [9.17, 15) is 15.0 Å². The van der Waals surface area contributed by atoms with Crippen molar-refractivity contribution in [2.75, 3.05) is 32.1 Å². The van der Waals surface area contributed by atoms with Crippen LogP contribution in [-0.4, -0.2) is 52.5 Å². The van der Waals surface area contributed by atoms with Crippen LogP contribution in [0.2, 0.25) is 0 Å². The van der Waals surface area contributed by atoms with E-state index in [-0.39, 0.29) is 25.8 Å². The summed E-state index contributed by atoms with van der Waals surface area (Å²) in [6.07, 6.45) is 3.13. The molecular formula is C18H27N3O3. The summed E-state index contributed by atoms with van der Waals surface area (Å²) in [5.74, 6) is 0. The Morgan fingerprint density at radius 2 is 2.00 bits per heavy atom. The molecule has 2 amide bonds. The summed E-state index contributed by atoms with van der Waals surface area (Å²) in [5, 5.41) is 22.6.